The van der Waals surface area contributed by atoms with E-state index in [1.54, 1.807) is 0 Å². The van der Waals surface area contributed by atoms with Gasteiger partial charge in [-0.2, -0.15) is 0 Å². The molecule has 0 aromatic carbocycles. The number of nitrogens with two attached hydrogens (primary N) is 1. The summed E-state index contributed by atoms with van der Waals surface area (Å²) in [7, 11) is 2.02. The fourth-order valence-electron chi connectivity index (χ4n) is 2.28. The Labute approximate surface area is 98.8 Å². The molecule has 2 N–H and O–H groups in total. The van der Waals surface area contributed by atoms with Gasteiger partial charge in [0.05, 0.1) is 6.04 Å². The Hall–Kier alpha value is -0.610. The molecule has 0 aliphatic carbocycles. The van der Waals surface area contributed by atoms with Crippen LogP contribution in [0.5, 0.6) is 0 Å². The molecule has 1 aliphatic heterocycles. The summed E-state index contributed by atoms with van der Waals surface area (Å²) in [6.45, 7) is 8.68. The highest BCUT2D eigenvalue weighted by atomic mass is 16.2. The van der Waals surface area contributed by atoms with Crippen molar-refractivity contribution >= 4 is 5.91 Å². The molecule has 16 heavy (non-hydrogen) atoms. The standard InChI is InChI=1S/C12H25N3O/c1-12(2,3)15-9-5-8-14(4)10(6-7-13)11(15)16/h10H,5-9,13H2,1-4H3. The van der Waals surface area contributed by atoms with Gasteiger partial charge in [0.15, 0.2) is 0 Å². The zero-order valence-corrected chi connectivity index (χ0v) is 11.0. The van der Waals surface area contributed by atoms with E-state index >= 15 is 0 Å². The topological polar surface area (TPSA) is 49.6 Å². The van der Waals surface area contributed by atoms with Crippen molar-refractivity contribution in [3.05, 3.63) is 0 Å². The Bertz CT molecular complexity index is 247. The summed E-state index contributed by atoms with van der Waals surface area (Å²) in [4.78, 5) is 16.6. The van der Waals surface area contributed by atoms with Crippen LogP contribution in [0, 0.1) is 0 Å². The van der Waals surface area contributed by atoms with Crippen LogP contribution in [-0.4, -0.2) is 54.0 Å². The van der Waals surface area contributed by atoms with Crippen molar-refractivity contribution in [2.45, 2.75) is 45.2 Å². The van der Waals surface area contributed by atoms with Gasteiger partial charge in [0, 0.05) is 18.6 Å². The van der Waals surface area contributed by atoms with Gasteiger partial charge in [0.1, 0.15) is 0 Å². The van der Waals surface area contributed by atoms with Gasteiger partial charge in [-0.25, -0.2) is 0 Å². The smallest absolute Gasteiger partial charge is 0.240 e. The Balaban J connectivity index is 2.86. The SMILES string of the molecule is CN1CCCN(C(C)(C)C)C(=O)C1CCN. The number of hydrogen-bond acceptors (Lipinski definition) is 3. The monoisotopic (exact) mass is 227 g/mol. The van der Waals surface area contributed by atoms with Crippen molar-refractivity contribution < 1.29 is 4.79 Å². The molecule has 0 radical (unpaired) electrons. The molecule has 1 aliphatic rings. The molecule has 4 nitrogen and oxygen atoms in total. The number of likely N-dealkylation sites (N-methyl/N-ethyl adjacent to an activating group) is 1. The first-order valence-corrected chi connectivity index (χ1v) is 6.09. The van der Waals surface area contributed by atoms with E-state index in [0.29, 0.717) is 6.54 Å². The van der Waals surface area contributed by atoms with Crippen LogP contribution in [0.1, 0.15) is 33.6 Å². The van der Waals surface area contributed by atoms with Crippen molar-refractivity contribution in [2.75, 3.05) is 26.7 Å². The fraction of sp³-hybridized carbons (Fsp3) is 0.917. The summed E-state index contributed by atoms with van der Waals surface area (Å²) < 4.78 is 0. The molecule has 94 valence electrons. The van der Waals surface area contributed by atoms with Crippen molar-refractivity contribution in [1.29, 1.82) is 0 Å². The van der Waals surface area contributed by atoms with Gasteiger partial charge in [-0.05, 0) is 47.2 Å². The van der Waals surface area contributed by atoms with Crippen LogP contribution in [-0.2, 0) is 4.79 Å². The van der Waals surface area contributed by atoms with Crippen LogP contribution in [0.25, 0.3) is 0 Å². The van der Waals surface area contributed by atoms with Gasteiger partial charge >= 0.3 is 0 Å². The van der Waals surface area contributed by atoms with Crippen LogP contribution < -0.4 is 5.73 Å². The van der Waals surface area contributed by atoms with Gasteiger partial charge < -0.3 is 10.6 Å². The molecule has 1 heterocycles. The van der Waals surface area contributed by atoms with E-state index < -0.39 is 0 Å². The van der Waals surface area contributed by atoms with Crippen molar-refractivity contribution in [3.8, 4) is 0 Å². The van der Waals surface area contributed by atoms with E-state index in [0.717, 1.165) is 25.9 Å². The average Bonchev–Trinajstić information content (AvgIpc) is 2.29. The minimum Gasteiger partial charge on any atom is -0.336 e. The molecule has 1 fully saturated rings. The lowest BCUT2D eigenvalue weighted by atomic mass is 10.0. The molecular weight excluding hydrogens is 202 g/mol. The molecule has 0 saturated carbocycles. The normalized spacial score (nSPS) is 24.7. The predicted molar refractivity (Wildman–Crippen MR) is 66.2 cm³/mol. The number of carbonyl (C=O) groups excluding carboxylic acids is 1. The van der Waals surface area contributed by atoms with E-state index in [4.69, 9.17) is 5.73 Å². The Kier molecular flexibility index (Phi) is 4.33. The number of hydrogen-bond donors (Lipinski definition) is 1. The van der Waals surface area contributed by atoms with Gasteiger partial charge in [0.2, 0.25) is 5.91 Å². The largest absolute Gasteiger partial charge is 0.336 e. The van der Waals surface area contributed by atoms with Crippen molar-refractivity contribution in [1.82, 2.24) is 9.80 Å². The first kappa shape index (κ1) is 13.5. The first-order valence-electron chi connectivity index (χ1n) is 6.09. The molecule has 0 aromatic heterocycles. The number of rotatable bonds is 2. The Morgan fingerprint density at radius 2 is 2.00 bits per heavy atom. The van der Waals surface area contributed by atoms with E-state index in [-0.39, 0.29) is 17.5 Å². The third kappa shape index (κ3) is 2.95. The second kappa shape index (κ2) is 5.15. The predicted octanol–water partition coefficient (Wildman–Crippen LogP) is 0.666. The first-order chi connectivity index (χ1) is 7.38. The third-order valence-electron chi connectivity index (χ3n) is 3.23. The minimum absolute atomic E-state index is 0.0354. The lowest BCUT2D eigenvalue weighted by molar-refractivity contribution is -0.139. The maximum absolute atomic E-state index is 12.4. The summed E-state index contributed by atoms with van der Waals surface area (Å²) in [5.41, 5.74) is 5.50. The second-order valence-corrected chi connectivity index (χ2v) is 5.59. The molecule has 0 spiro atoms. The molecule has 1 rings (SSSR count). The zero-order chi connectivity index (χ0) is 12.3. The maximum Gasteiger partial charge on any atom is 0.240 e. The Morgan fingerprint density at radius 3 is 2.50 bits per heavy atom. The van der Waals surface area contributed by atoms with E-state index in [1.807, 2.05) is 11.9 Å². The summed E-state index contributed by atoms with van der Waals surface area (Å²) in [5, 5.41) is 0. The summed E-state index contributed by atoms with van der Waals surface area (Å²) in [5.74, 6) is 0.234. The zero-order valence-electron chi connectivity index (χ0n) is 11.0. The highest BCUT2D eigenvalue weighted by Gasteiger charge is 2.35. The van der Waals surface area contributed by atoms with Crippen LogP contribution in [0.4, 0.5) is 0 Å². The van der Waals surface area contributed by atoms with Crippen LogP contribution >= 0.6 is 0 Å². The molecule has 1 atom stereocenters. The molecule has 4 heteroatoms. The number of amides is 1. The molecule has 0 bridgehead atoms. The highest BCUT2D eigenvalue weighted by Crippen LogP contribution is 2.20. The number of carbonyl (C=O) groups is 1. The van der Waals surface area contributed by atoms with E-state index in [2.05, 4.69) is 25.7 Å². The lowest BCUT2D eigenvalue weighted by Crippen LogP contribution is -2.52. The summed E-state index contributed by atoms with van der Waals surface area (Å²) in [6, 6.07) is -0.0354. The van der Waals surface area contributed by atoms with Gasteiger partial charge in [-0.15, -0.1) is 0 Å². The van der Waals surface area contributed by atoms with Gasteiger partial charge in [0.25, 0.3) is 0 Å². The Morgan fingerprint density at radius 1 is 1.38 bits per heavy atom. The maximum atomic E-state index is 12.4. The van der Waals surface area contributed by atoms with Crippen LogP contribution in [0.2, 0.25) is 0 Å². The van der Waals surface area contributed by atoms with E-state index in [9.17, 15) is 4.79 Å². The number of nitrogens with zero attached hydrogens (tertiary/aromatic N) is 2. The van der Waals surface area contributed by atoms with Crippen LogP contribution in [0.3, 0.4) is 0 Å². The lowest BCUT2D eigenvalue weighted by Gasteiger charge is -2.37. The third-order valence-corrected chi connectivity index (χ3v) is 3.23. The molecule has 0 aromatic rings. The second-order valence-electron chi connectivity index (χ2n) is 5.59. The fourth-order valence-corrected chi connectivity index (χ4v) is 2.28. The summed E-state index contributed by atoms with van der Waals surface area (Å²) in [6.07, 6.45) is 1.79. The van der Waals surface area contributed by atoms with Crippen molar-refractivity contribution in [3.63, 3.8) is 0 Å². The van der Waals surface area contributed by atoms with Gasteiger partial charge in [-0.3, -0.25) is 9.69 Å². The van der Waals surface area contributed by atoms with Crippen molar-refractivity contribution in [2.24, 2.45) is 5.73 Å². The summed E-state index contributed by atoms with van der Waals surface area (Å²) >= 11 is 0. The quantitative estimate of drug-likeness (QED) is 0.754. The molecule has 1 saturated heterocycles. The van der Waals surface area contributed by atoms with E-state index in [1.165, 1.54) is 0 Å². The molecule has 1 amide bonds. The average molecular weight is 227 g/mol. The van der Waals surface area contributed by atoms with Gasteiger partial charge in [-0.1, -0.05) is 0 Å². The molecular formula is C12H25N3O. The minimum atomic E-state index is -0.0882. The highest BCUT2D eigenvalue weighted by molar-refractivity contribution is 5.82. The molecule has 1 unspecified atom stereocenters. The van der Waals surface area contributed by atoms with Crippen LogP contribution in [0.15, 0.2) is 0 Å².